The quantitative estimate of drug-likeness (QED) is 0.772. The molecule has 1 spiro atoms. The van der Waals surface area contributed by atoms with E-state index in [2.05, 4.69) is 31.2 Å². The van der Waals surface area contributed by atoms with Crippen molar-refractivity contribution in [2.24, 2.45) is 5.41 Å². The van der Waals surface area contributed by atoms with Crippen LogP contribution in [0.1, 0.15) is 40.2 Å². The van der Waals surface area contributed by atoms with Crippen molar-refractivity contribution in [3.05, 3.63) is 38.5 Å². The second-order valence-electron chi connectivity index (χ2n) is 6.86. The zero-order valence-electron chi connectivity index (χ0n) is 13.8. The van der Waals surface area contributed by atoms with Crippen LogP contribution in [0.2, 0.25) is 0 Å². The van der Waals surface area contributed by atoms with Gasteiger partial charge in [0.1, 0.15) is 17.8 Å². The van der Waals surface area contributed by atoms with E-state index in [1.165, 1.54) is 23.6 Å². The number of hydrogen-bond donors (Lipinski definition) is 2. The molecule has 0 bridgehead atoms. The molecule has 1 saturated heterocycles. The van der Waals surface area contributed by atoms with Crippen molar-refractivity contribution in [3.8, 4) is 6.07 Å². The molecule has 1 atom stereocenters. The SMILES string of the molecule is N#Cc1c[nH]c(C(=O)N2CC3(CC3)C[C@@H]2C(=O)NCc2cnc(Br)s2)c1. The van der Waals surface area contributed by atoms with Crippen LogP contribution in [-0.2, 0) is 11.3 Å². The van der Waals surface area contributed by atoms with Crippen LogP contribution in [0.4, 0.5) is 0 Å². The summed E-state index contributed by atoms with van der Waals surface area (Å²) in [6, 6.07) is 3.06. The first kappa shape index (κ1) is 17.2. The first-order valence-electron chi connectivity index (χ1n) is 8.27. The Morgan fingerprint density at radius 1 is 1.54 bits per heavy atom. The summed E-state index contributed by atoms with van der Waals surface area (Å²) < 4.78 is 0.774. The van der Waals surface area contributed by atoms with Gasteiger partial charge in [-0.15, -0.1) is 11.3 Å². The normalized spacial score (nSPS) is 20.2. The fourth-order valence-electron chi connectivity index (χ4n) is 3.44. The number of nitriles is 1. The Labute approximate surface area is 162 Å². The molecule has 2 aliphatic rings. The number of aromatic nitrogens is 2. The number of nitrogens with one attached hydrogen (secondary N) is 2. The molecule has 9 heteroatoms. The van der Waals surface area contributed by atoms with Gasteiger partial charge in [-0.05, 0) is 46.7 Å². The second kappa shape index (κ2) is 6.52. The number of carbonyl (C=O) groups is 2. The fraction of sp³-hybridized carbons (Fsp3) is 0.412. The van der Waals surface area contributed by atoms with Crippen molar-refractivity contribution >= 4 is 39.1 Å². The van der Waals surface area contributed by atoms with Crippen LogP contribution in [0, 0.1) is 16.7 Å². The van der Waals surface area contributed by atoms with Crippen molar-refractivity contribution in [3.63, 3.8) is 0 Å². The first-order valence-corrected chi connectivity index (χ1v) is 9.88. The number of carbonyl (C=O) groups excluding carboxylic acids is 2. The van der Waals surface area contributed by atoms with Crippen molar-refractivity contribution in [2.45, 2.75) is 31.8 Å². The van der Waals surface area contributed by atoms with Crippen molar-refractivity contribution < 1.29 is 9.59 Å². The van der Waals surface area contributed by atoms with E-state index >= 15 is 0 Å². The van der Waals surface area contributed by atoms with Gasteiger partial charge in [-0.1, -0.05) is 0 Å². The minimum absolute atomic E-state index is 0.0931. The lowest BCUT2D eigenvalue weighted by Crippen LogP contribution is -2.45. The number of amides is 2. The van der Waals surface area contributed by atoms with Crippen LogP contribution >= 0.6 is 27.3 Å². The molecule has 2 fully saturated rings. The summed E-state index contributed by atoms with van der Waals surface area (Å²) in [5.74, 6) is -0.366. The minimum atomic E-state index is -0.477. The molecule has 26 heavy (non-hydrogen) atoms. The van der Waals surface area contributed by atoms with Gasteiger partial charge in [0, 0.05) is 23.8 Å². The van der Waals surface area contributed by atoms with Crippen LogP contribution in [0.3, 0.4) is 0 Å². The summed E-state index contributed by atoms with van der Waals surface area (Å²) in [4.78, 5) is 35.2. The van der Waals surface area contributed by atoms with Crippen molar-refractivity contribution in [1.29, 1.82) is 5.26 Å². The summed E-state index contributed by atoms with van der Waals surface area (Å²) in [5.41, 5.74) is 0.851. The van der Waals surface area contributed by atoms with Crippen LogP contribution in [0.5, 0.6) is 0 Å². The molecule has 2 amide bonds. The maximum absolute atomic E-state index is 12.9. The third-order valence-electron chi connectivity index (χ3n) is 5.03. The molecule has 4 rings (SSSR count). The lowest BCUT2D eigenvalue weighted by atomic mass is 10.0. The Bertz CT molecular complexity index is 910. The summed E-state index contributed by atoms with van der Waals surface area (Å²) in [7, 11) is 0. The maximum atomic E-state index is 12.9. The molecule has 3 heterocycles. The summed E-state index contributed by atoms with van der Waals surface area (Å²) >= 11 is 4.77. The van der Waals surface area contributed by atoms with Crippen LogP contribution < -0.4 is 5.32 Å². The van der Waals surface area contributed by atoms with E-state index in [9.17, 15) is 9.59 Å². The molecule has 134 valence electrons. The highest BCUT2D eigenvalue weighted by molar-refractivity contribution is 9.11. The molecule has 7 nitrogen and oxygen atoms in total. The highest BCUT2D eigenvalue weighted by atomic mass is 79.9. The number of halogens is 1. The number of hydrogen-bond acceptors (Lipinski definition) is 5. The van der Waals surface area contributed by atoms with Crippen LogP contribution in [0.15, 0.2) is 22.4 Å². The monoisotopic (exact) mass is 433 g/mol. The largest absolute Gasteiger partial charge is 0.356 e. The number of likely N-dealkylation sites (tertiary alicyclic amines) is 1. The van der Waals surface area contributed by atoms with Gasteiger partial charge in [-0.25, -0.2) is 4.98 Å². The van der Waals surface area contributed by atoms with Crippen LogP contribution in [0.25, 0.3) is 0 Å². The van der Waals surface area contributed by atoms with E-state index in [4.69, 9.17) is 5.26 Å². The number of nitrogens with zero attached hydrogens (tertiary/aromatic N) is 3. The average molecular weight is 434 g/mol. The molecular formula is C17H16BrN5O2S. The zero-order valence-corrected chi connectivity index (χ0v) is 16.2. The van der Waals surface area contributed by atoms with Gasteiger partial charge in [0.25, 0.3) is 5.91 Å². The van der Waals surface area contributed by atoms with E-state index in [0.717, 1.165) is 21.6 Å². The molecule has 1 aliphatic heterocycles. The predicted molar refractivity (Wildman–Crippen MR) is 98.3 cm³/mol. The predicted octanol–water partition coefficient (Wildman–Crippen LogP) is 2.42. The highest BCUT2D eigenvalue weighted by Crippen LogP contribution is 2.55. The standard InChI is InChI=1S/C17H16BrN5O2S/c18-16-22-8-11(26-16)7-21-14(24)13-4-17(1-2-17)9-23(13)15(25)12-3-10(5-19)6-20-12/h3,6,8,13,20H,1-2,4,7,9H2,(H,21,24)/t13-/m1/s1. The second-order valence-corrected chi connectivity index (χ2v) is 9.26. The lowest BCUT2D eigenvalue weighted by molar-refractivity contribution is -0.125. The Balaban J connectivity index is 1.48. The van der Waals surface area contributed by atoms with Crippen molar-refractivity contribution in [1.82, 2.24) is 20.2 Å². The smallest absolute Gasteiger partial charge is 0.271 e. The Morgan fingerprint density at radius 3 is 2.96 bits per heavy atom. The van der Waals surface area contributed by atoms with E-state index in [-0.39, 0.29) is 17.2 Å². The van der Waals surface area contributed by atoms with Gasteiger partial charge in [0.15, 0.2) is 3.92 Å². The summed E-state index contributed by atoms with van der Waals surface area (Å²) in [6.07, 6.45) is 6.03. The van der Waals surface area contributed by atoms with E-state index in [1.54, 1.807) is 11.1 Å². The third kappa shape index (κ3) is 3.27. The van der Waals surface area contributed by atoms with Gasteiger partial charge in [-0.3, -0.25) is 9.59 Å². The molecule has 2 aromatic rings. The van der Waals surface area contributed by atoms with Gasteiger partial charge in [-0.2, -0.15) is 5.26 Å². The number of rotatable bonds is 4. The van der Waals surface area contributed by atoms with Gasteiger partial charge in [0.05, 0.1) is 12.1 Å². The fourth-order valence-corrected chi connectivity index (χ4v) is 4.74. The molecule has 2 aromatic heterocycles. The van der Waals surface area contributed by atoms with Gasteiger partial charge < -0.3 is 15.2 Å². The Kier molecular flexibility index (Phi) is 4.32. The maximum Gasteiger partial charge on any atom is 0.271 e. The number of H-pyrrole nitrogens is 1. The Morgan fingerprint density at radius 2 is 2.35 bits per heavy atom. The molecule has 0 unspecified atom stereocenters. The van der Waals surface area contributed by atoms with Gasteiger partial charge >= 0.3 is 0 Å². The summed E-state index contributed by atoms with van der Waals surface area (Å²) in [6.45, 7) is 0.992. The molecule has 2 N–H and O–H groups in total. The van der Waals surface area contributed by atoms with E-state index < -0.39 is 6.04 Å². The topological polar surface area (TPSA) is 102 Å². The third-order valence-corrected chi connectivity index (χ3v) is 6.51. The first-order chi connectivity index (χ1) is 12.5. The number of aromatic amines is 1. The minimum Gasteiger partial charge on any atom is -0.356 e. The molecular weight excluding hydrogens is 418 g/mol. The Hall–Kier alpha value is -2.18. The van der Waals surface area contributed by atoms with Gasteiger partial charge in [0.2, 0.25) is 5.91 Å². The van der Waals surface area contributed by atoms with Crippen molar-refractivity contribution in [2.75, 3.05) is 6.54 Å². The highest BCUT2D eigenvalue weighted by Gasteiger charge is 2.55. The van der Waals surface area contributed by atoms with Crippen LogP contribution in [-0.4, -0.2) is 39.3 Å². The molecule has 0 radical (unpaired) electrons. The van der Waals surface area contributed by atoms with E-state index in [1.807, 2.05) is 6.07 Å². The molecule has 1 aliphatic carbocycles. The summed E-state index contributed by atoms with van der Waals surface area (Å²) in [5, 5.41) is 11.9. The number of thiazole rings is 1. The lowest BCUT2D eigenvalue weighted by Gasteiger charge is -2.23. The van der Waals surface area contributed by atoms with E-state index in [0.29, 0.717) is 30.8 Å². The molecule has 0 aromatic carbocycles. The average Bonchev–Trinajstić information content (AvgIpc) is 2.99. The zero-order chi connectivity index (χ0) is 18.3. The molecule has 1 saturated carbocycles.